The largest absolute Gasteiger partial charge is 0.444 e. The van der Waals surface area contributed by atoms with Crippen molar-refractivity contribution in [2.75, 3.05) is 19.8 Å². The van der Waals surface area contributed by atoms with Gasteiger partial charge in [0, 0.05) is 13.0 Å². The van der Waals surface area contributed by atoms with Gasteiger partial charge in [0.1, 0.15) is 5.60 Å². The molecule has 0 aromatic heterocycles. The molecule has 0 aliphatic carbocycles. The zero-order chi connectivity index (χ0) is 12.7. The molecule has 1 unspecified atom stereocenters. The van der Waals surface area contributed by atoms with Crippen LogP contribution in [0.15, 0.2) is 0 Å². The molecule has 0 N–H and O–H groups in total. The van der Waals surface area contributed by atoms with E-state index in [1.54, 1.807) is 4.90 Å². The van der Waals surface area contributed by atoms with E-state index in [1.165, 1.54) is 0 Å². The molecule has 1 amide bonds. The smallest absolute Gasteiger partial charge is 0.411 e. The monoisotopic (exact) mass is 241 g/mol. The van der Waals surface area contributed by atoms with Gasteiger partial charge in [-0.05, 0) is 27.2 Å². The minimum atomic E-state index is -0.538. The van der Waals surface area contributed by atoms with Gasteiger partial charge < -0.3 is 9.47 Å². The van der Waals surface area contributed by atoms with Gasteiger partial charge in [-0.1, -0.05) is 0 Å². The fraction of sp³-hybridized carbons (Fsp3) is 0.833. The summed E-state index contributed by atoms with van der Waals surface area (Å²) in [7, 11) is 0. The SMILES string of the molecule is CC(C)(C)OC(=O)N1CC(=O)CC12CCOC2. The first-order valence-corrected chi connectivity index (χ1v) is 5.93. The molecule has 0 bridgehead atoms. The zero-order valence-electron chi connectivity index (χ0n) is 10.6. The lowest BCUT2D eigenvalue weighted by Gasteiger charge is -2.34. The summed E-state index contributed by atoms with van der Waals surface area (Å²) in [5.74, 6) is 0.0846. The van der Waals surface area contributed by atoms with Crippen molar-refractivity contribution in [2.24, 2.45) is 0 Å². The maximum atomic E-state index is 12.1. The number of likely N-dealkylation sites (tertiary alicyclic amines) is 1. The molecular formula is C12H19NO4. The van der Waals surface area contributed by atoms with Crippen LogP contribution in [-0.2, 0) is 14.3 Å². The molecule has 0 radical (unpaired) electrons. The fourth-order valence-electron chi connectivity index (χ4n) is 2.39. The number of nitrogens with zero attached hydrogens (tertiary/aromatic N) is 1. The van der Waals surface area contributed by atoms with Gasteiger partial charge in [0.05, 0.1) is 18.7 Å². The number of carbonyl (C=O) groups excluding carboxylic acids is 2. The Morgan fingerprint density at radius 1 is 1.47 bits per heavy atom. The molecule has 1 spiro atoms. The third-order valence-corrected chi connectivity index (χ3v) is 3.13. The van der Waals surface area contributed by atoms with Gasteiger partial charge in [0.2, 0.25) is 0 Å². The summed E-state index contributed by atoms with van der Waals surface area (Å²) in [6, 6.07) is 0. The topological polar surface area (TPSA) is 55.8 Å². The van der Waals surface area contributed by atoms with E-state index in [0.717, 1.165) is 6.42 Å². The Bertz CT molecular complexity index is 339. The van der Waals surface area contributed by atoms with Crippen molar-refractivity contribution in [1.82, 2.24) is 4.90 Å². The first-order chi connectivity index (χ1) is 7.82. The lowest BCUT2D eigenvalue weighted by atomic mass is 9.95. The molecular weight excluding hydrogens is 222 g/mol. The summed E-state index contributed by atoms with van der Waals surface area (Å²) in [5.41, 5.74) is -0.983. The maximum absolute atomic E-state index is 12.1. The molecule has 0 aromatic carbocycles. The molecule has 2 fully saturated rings. The summed E-state index contributed by atoms with van der Waals surface area (Å²) < 4.78 is 10.7. The lowest BCUT2D eigenvalue weighted by molar-refractivity contribution is -0.117. The van der Waals surface area contributed by atoms with Crippen molar-refractivity contribution in [2.45, 2.75) is 44.8 Å². The molecule has 2 rings (SSSR count). The van der Waals surface area contributed by atoms with E-state index in [0.29, 0.717) is 19.6 Å². The first-order valence-electron chi connectivity index (χ1n) is 5.93. The second-order valence-electron chi connectivity index (χ2n) is 5.81. The summed E-state index contributed by atoms with van der Waals surface area (Å²) >= 11 is 0. The molecule has 1 atom stereocenters. The van der Waals surface area contributed by atoms with Crippen LogP contribution in [-0.4, -0.2) is 47.7 Å². The van der Waals surface area contributed by atoms with Crippen molar-refractivity contribution < 1.29 is 19.1 Å². The van der Waals surface area contributed by atoms with Crippen molar-refractivity contribution in [1.29, 1.82) is 0 Å². The van der Waals surface area contributed by atoms with Crippen molar-refractivity contribution >= 4 is 11.9 Å². The number of ether oxygens (including phenoxy) is 2. The average Bonchev–Trinajstić information content (AvgIpc) is 2.72. The molecule has 2 saturated heterocycles. The van der Waals surface area contributed by atoms with E-state index in [2.05, 4.69) is 0 Å². The van der Waals surface area contributed by atoms with E-state index in [1.807, 2.05) is 20.8 Å². The highest BCUT2D eigenvalue weighted by Crippen LogP contribution is 2.35. The Morgan fingerprint density at radius 2 is 2.18 bits per heavy atom. The van der Waals surface area contributed by atoms with Crippen LogP contribution in [0.4, 0.5) is 4.79 Å². The van der Waals surface area contributed by atoms with Gasteiger partial charge in [-0.25, -0.2) is 4.79 Å². The van der Waals surface area contributed by atoms with Crippen LogP contribution in [0.2, 0.25) is 0 Å². The zero-order valence-corrected chi connectivity index (χ0v) is 10.6. The van der Waals surface area contributed by atoms with E-state index < -0.39 is 17.2 Å². The number of rotatable bonds is 0. The Kier molecular flexibility index (Phi) is 2.89. The molecule has 5 nitrogen and oxygen atoms in total. The van der Waals surface area contributed by atoms with E-state index in [-0.39, 0.29) is 12.3 Å². The van der Waals surface area contributed by atoms with E-state index in [4.69, 9.17) is 9.47 Å². The molecule has 2 aliphatic rings. The van der Waals surface area contributed by atoms with Crippen LogP contribution in [0.5, 0.6) is 0 Å². The van der Waals surface area contributed by atoms with Gasteiger partial charge >= 0.3 is 6.09 Å². The Balaban J connectivity index is 2.13. The Labute approximate surface area is 101 Å². The lowest BCUT2D eigenvalue weighted by Crippen LogP contribution is -2.49. The standard InChI is InChI=1S/C12H19NO4/c1-11(2,3)17-10(15)13-7-9(14)6-12(13)4-5-16-8-12/h4-8H2,1-3H3. The van der Waals surface area contributed by atoms with Crippen molar-refractivity contribution in [3.8, 4) is 0 Å². The van der Waals surface area contributed by atoms with Crippen LogP contribution in [0.25, 0.3) is 0 Å². The van der Waals surface area contributed by atoms with Crippen LogP contribution >= 0.6 is 0 Å². The van der Waals surface area contributed by atoms with Gasteiger partial charge in [0.15, 0.2) is 5.78 Å². The molecule has 5 heteroatoms. The van der Waals surface area contributed by atoms with Crippen molar-refractivity contribution in [3.63, 3.8) is 0 Å². The number of amides is 1. The predicted molar refractivity (Wildman–Crippen MR) is 60.7 cm³/mol. The summed E-state index contributed by atoms with van der Waals surface area (Å²) in [4.78, 5) is 25.2. The summed E-state index contributed by atoms with van der Waals surface area (Å²) in [5, 5.41) is 0. The average molecular weight is 241 g/mol. The highest BCUT2D eigenvalue weighted by atomic mass is 16.6. The summed E-state index contributed by atoms with van der Waals surface area (Å²) in [6.45, 7) is 6.66. The minimum absolute atomic E-state index is 0.0846. The minimum Gasteiger partial charge on any atom is -0.444 e. The van der Waals surface area contributed by atoms with Gasteiger partial charge in [-0.3, -0.25) is 9.69 Å². The maximum Gasteiger partial charge on any atom is 0.411 e. The quantitative estimate of drug-likeness (QED) is 0.642. The van der Waals surface area contributed by atoms with Gasteiger partial charge in [0.25, 0.3) is 0 Å². The second-order valence-corrected chi connectivity index (χ2v) is 5.81. The second kappa shape index (κ2) is 3.98. The number of carbonyl (C=O) groups is 2. The molecule has 0 aromatic rings. The highest BCUT2D eigenvalue weighted by molar-refractivity contribution is 5.89. The van der Waals surface area contributed by atoms with Crippen molar-refractivity contribution in [3.05, 3.63) is 0 Å². The Hall–Kier alpha value is -1.10. The fourth-order valence-corrected chi connectivity index (χ4v) is 2.39. The normalized spacial score (nSPS) is 29.1. The third-order valence-electron chi connectivity index (χ3n) is 3.13. The third kappa shape index (κ3) is 2.44. The predicted octanol–water partition coefficient (Wildman–Crippen LogP) is 1.36. The molecule has 2 aliphatic heterocycles. The Morgan fingerprint density at radius 3 is 2.71 bits per heavy atom. The van der Waals surface area contributed by atoms with E-state index >= 15 is 0 Å². The highest BCUT2D eigenvalue weighted by Gasteiger charge is 2.51. The molecule has 96 valence electrons. The van der Waals surface area contributed by atoms with Crippen LogP contribution in [0.1, 0.15) is 33.6 Å². The summed E-state index contributed by atoms with van der Waals surface area (Å²) in [6.07, 6.45) is 0.707. The molecule has 17 heavy (non-hydrogen) atoms. The number of hydrogen-bond acceptors (Lipinski definition) is 4. The number of Topliss-reactive ketones (excluding diaryl/α,β-unsaturated/α-hetero) is 1. The van der Waals surface area contributed by atoms with Crippen LogP contribution in [0, 0.1) is 0 Å². The number of ketones is 1. The molecule has 2 heterocycles. The van der Waals surface area contributed by atoms with Gasteiger partial charge in [-0.2, -0.15) is 0 Å². The van der Waals surface area contributed by atoms with Crippen LogP contribution < -0.4 is 0 Å². The first kappa shape index (κ1) is 12.4. The number of hydrogen-bond donors (Lipinski definition) is 0. The molecule has 0 saturated carbocycles. The van der Waals surface area contributed by atoms with Crippen LogP contribution in [0.3, 0.4) is 0 Å². The van der Waals surface area contributed by atoms with Gasteiger partial charge in [-0.15, -0.1) is 0 Å². The van der Waals surface area contributed by atoms with E-state index in [9.17, 15) is 9.59 Å².